The molecule has 0 aromatic rings. The van der Waals surface area contributed by atoms with Crippen LogP contribution in [0.1, 0.15) is 65.2 Å². The van der Waals surface area contributed by atoms with Crippen molar-refractivity contribution in [3.63, 3.8) is 0 Å². The minimum Gasteiger partial charge on any atom is -0.395 e. The fourth-order valence-corrected chi connectivity index (χ4v) is 7.66. The Morgan fingerprint density at radius 2 is 2.00 bits per heavy atom. The second-order valence-electron chi connectivity index (χ2n) is 10.3. The van der Waals surface area contributed by atoms with Crippen LogP contribution in [0.25, 0.3) is 0 Å². The minimum absolute atomic E-state index is 0.0757. The molecule has 4 rings (SSSR count). The summed E-state index contributed by atoms with van der Waals surface area (Å²) in [6.45, 7) is 6.63. The SMILES string of the molecule is COC[C@@H]1CC2CC(=NOCCN)CC[C@]2(C)[C@H]2CC[C@]3(C)C(=O)CC[C@H]3[C@H]12. The van der Waals surface area contributed by atoms with Crippen molar-refractivity contribution in [2.24, 2.45) is 51.3 Å². The maximum atomic E-state index is 12.7. The average molecular weight is 391 g/mol. The van der Waals surface area contributed by atoms with Gasteiger partial charge in [0.25, 0.3) is 0 Å². The first-order valence-corrected chi connectivity index (χ1v) is 11.3. The highest BCUT2D eigenvalue weighted by Crippen LogP contribution is 2.66. The van der Waals surface area contributed by atoms with Gasteiger partial charge in [0.1, 0.15) is 12.4 Å². The molecule has 28 heavy (non-hydrogen) atoms. The van der Waals surface area contributed by atoms with Gasteiger partial charge < -0.3 is 15.3 Å². The number of ether oxygens (including phenoxy) is 1. The first-order chi connectivity index (χ1) is 13.4. The quantitative estimate of drug-likeness (QED) is 0.572. The predicted molar refractivity (Wildman–Crippen MR) is 110 cm³/mol. The van der Waals surface area contributed by atoms with Gasteiger partial charge >= 0.3 is 0 Å². The Morgan fingerprint density at radius 1 is 1.18 bits per heavy atom. The van der Waals surface area contributed by atoms with E-state index in [0.717, 1.165) is 38.7 Å². The number of oxime groups is 1. The second-order valence-corrected chi connectivity index (χ2v) is 10.3. The molecule has 0 aromatic carbocycles. The number of nitrogens with zero attached hydrogens (tertiary/aromatic N) is 1. The molecule has 0 aliphatic heterocycles. The molecule has 7 atom stereocenters. The Morgan fingerprint density at radius 3 is 2.75 bits per heavy atom. The number of hydrogen-bond acceptors (Lipinski definition) is 5. The molecule has 0 amide bonds. The Labute approximate surface area is 169 Å². The van der Waals surface area contributed by atoms with Gasteiger partial charge in [0.15, 0.2) is 0 Å². The van der Waals surface area contributed by atoms with Crippen LogP contribution in [-0.2, 0) is 14.4 Å². The highest BCUT2D eigenvalue weighted by atomic mass is 16.6. The van der Waals surface area contributed by atoms with Crippen LogP contribution in [0.15, 0.2) is 5.16 Å². The summed E-state index contributed by atoms with van der Waals surface area (Å²) in [5, 5.41) is 4.41. The molecule has 4 saturated carbocycles. The summed E-state index contributed by atoms with van der Waals surface area (Å²) >= 11 is 0. The Bertz CT molecular complexity index is 635. The van der Waals surface area contributed by atoms with E-state index in [1.165, 1.54) is 25.0 Å². The van der Waals surface area contributed by atoms with Crippen molar-refractivity contribution in [1.82, 2.24) is 0 Å². The number of carbonyl (C=O) groups is 1. The Hall–Kier alpha value is -0.940. The van der Waals surface area contributed by atoms with Gasteiger partial charge in [-0.3, -0.25) is 4.79 Å². The summed E-state index contributed by atoms with van der Waals surface area (Å²) in [5.74, 6) is 3.63. The molecule has 0 aromatic heterocycles. The molecule has 0 saturated heterocycles. The van der Waals surface area contributed by atoms with Gasteiger partial charge in [0.2, 0.25) is 0 Å². The van der Waals surface area contributed by atoms with Crippen LogP contribution in [0.5, 0.6) is 0 Å². The highest BCUT2D eigenvalue weighted by molar-refractivity contribution is 5.87. The number of fused-ring (bicyclic) bond motifs is 5. The van der Waals surface area contributed by atoms with Crippen LogP contribution in [0.2, 0.25) is 0 Å². The van der Waals surface area contributed by atoms with Gasteiger partial charge in [-0.05, 0) is 80.0 Å². The van der Waals surface area contributed by atoms with Crippen molar-refractivity contribution in [1.29, 1.82) is 0 Å². The fraction of sp³-hybridized carbons (Fsp3) is 0.913. The summed E-state index contributed by atoms with van der Waals surface area (Å²) in [7, 11) is 1.83. The van der Waals surface area contributed by atoms with Gasteiger partial charge in [-0.2, -0.15) is 0 Å². The summed E-state index contributed by atoms with van der Waals surface area (Å²) < 4.78 is 5.70. The van der Waals surface area contributed by atoms with E-state index in [-0.39, 0.29) is 5.41 Å². The predicted octanol–water partition coefficient (Wildman–Crippen LogP) is 3.80. The monoisotopic (exact) mass is 390 g/mol. The number of carbonyl (C=O) groups excluding carboxylic acids is 1. The summed E-state index contributed by atoms with van der Waals surface area (Å²) in [6, 6.07) is 0. The zero-order valence-corrected chi connectivity index (χ0v) is 17.9. The molecule has 0 bridgehead atoms. The molecule has 0 heterocycles. The number of nitrogens with two attached hydrogens (primary N) is 1. The first kappa shape index (κ1) is 20.3. The third-order valence-electron chi connectivity index (χ3n) is 9.17. The molecule has 158 valence electrons. The zero-order chi connectivity index (χ0) is 19.9. The fourth-order valence-electron chi connectivity index (χ4n) is 7.66. The maximum Gasteiger partial charge on any atom is 0.139 e. The summed E-state index contributed by atoms with van der Waals surface area (Å²) in [4.78, 5) is 18.1. The average Bonchev–Trinajstić information content (AvgIpc) is 2.98. The maximum absolute atomic E-state index is 12.7. The lowest BCUT2D eigenvalue weighted by molar-refractivity contribution is -0.149. The number of Topliss-reactive ketones (excluding diaryl/α,β-unsaturated/α-hetero) is 1. The van der Waals surface area contributed by atoms with Crippen molar-refractivity contribution in [2.75, 3.05) is 26.9 Å². The Kier molecular flexibility index (Phi) is 5.60. The smallest absolute Gasteiger partial charge is 0.139 e. The zero-order valence-electron chi connectivity index (χ0n) is 17.9. The molecule has 5 nitrogen and oxygen atoms in total. The molecular formula is C23H38N2O3. The van der Waals surface area contributed by atoms with Gasteiger partial charge in [-0.15, -0.1) is 0 Å². The molecule has 1 unspecified atom stereocenters. The highest BCUT2D eigenvalue weighted by Gasteiger charge is 2.62. The standard InChI is InChI=1S/C23H38N2O3/c1-22-8-6-17(25-28-11-10-24)13-16(22)12-15(14-27-3)21-18-4-5-20(26)23(18,2)9-7-19(21)22/h15-16,18-19,21H,4-14,24H2,1-3H3/t15-,16?,18-,19-,21-,22-,23-/m0/s1. The van der Waals surface area contributed by atoms with E-state index in [1.807, 2.05) is 7.11 Å². The Balaban J connectivity index is 1.60. The third-order valence-corrected chi connectivity index (χ3v) is 9.17. The minimum atomic E-state index is -0.0757. The van der Waals surface area contributed by atoms with E-state index in [9.17, 15) is 4.79 Å². The molecule has 4 aliphatic carbocycles. The second kappa shape index (κ2) is 7.71. The van der Waals surface area contributed by atoms with Crippen LogP contribution >= 0.6 is 0 Å². The lowest BCUT2D eigenvalue weighted by Gasteiger charge is -2.62. The molecule has 0 spiro atoms. The number of ketones is 1. The van der Waals surface area contributed by atoms with E-state index in [2.05, 4.69) is 19.0 Å². The number of hydrogen-bond donors (Lipinski definition) is 1. The van der Waals surface area contributed by atoms with Crippen molar-refractivity contribution in [3.8, 4) is 0 Å². The first-order valence-electron chi connectivity index (χ1n) is 11.3. The molecule has 5 heteroatoms. The summed E-state index contributed by atoms with van der Waals surface area (Å²) in [5.41, 5.74) is 7.02. The van der Waals surface area contributed by atoms with Crippen molar-refractivity contribution in [2.45, 2.75) is 65.2 Å². The normalized spacial score (nSPS) is 46.8. The van der Waals surface area contributed by atoms with Crippen molar-refractivity contribution >= 4 is 11.5 Å². The molecule has 0 radical (unpaired) electrons. The van der Waals surface area contributed by atoms with Crippen LogP contribution < -0.4 is 5.73 Å². The van der Waals surface area contributed by atoms with Gasteiger partial charge in [-0.25, -0.2) is 0 Å². The van der Waals surface area contributed by atoms with Crippen LogP contribution in [0.3, 0.4) is 0 Å². The van der Waals surface area contributed by atoms with Gasteiger partial charge in [0, 0.05) is 32.1 Å². The van der Waals surface area contributed by atoms with E-state index >= 15 is 0 Å². The number of rotatable bonds is 5. The molecular weight excluding hydrogens is 352 g/mol. The van der Waals surface area contributed by atoms with Crippen molar-refractivity contribution < 1.29 is 14.4 Å². The van der Waals surface area contributed by atoms with Crippen molar-refractivity contribution in [3.05, 3.63) is 0 Å². The largest absolute Gasteiger partial charge is 0.395 e. The van der Waals surface area contributed by atoms with Crippen LogP contribution in [0.4, 0.5) is 0 Å². The lowest BCUT2D eigenvalue weighted by atomic mass is 9.43. The van der Waals surface area contributed by atoms with Crippen LogP contribution in [0, 0.1) is 40.4 Å². The molecule has 2 N–H and O–H groups in total. The third kappa shape index (κ3) is 3.13. The molecule has 4 fully saturated rings. The van der Waals surface area contributed by atoms with E-state index in [1.54, 1.807) is 0 Å². The van der Waals surface area contributed by atoms with Crippen LogP contribution in [-0.4, -0.2) is 38.4 Å². The lowest BCUT2D eigenvalue weighted by Crippen LogP contribution is -2.57. The van der Waals surface area contributed by atoms with E-state index < -0.39 is 0 Å². The van der Waals surface area contributed by atoms with Gasteiger partial charge in [-0.1, -0.05) is 19.0 Å². The summed E-state index contributed by atoms with van der Waals surface area (Å²) in [6.07, 6.45) is 8.65. The molecule has 4 aliphatic rings. The van der Waals surface area contributed by atoms with Gasteiger partial charge in [0.05, 0.1) is 5.71 Å². The topological polar surface area (TPSA) is 73.9 Å². The number of methoxy groups -OCH3 is 1. The van der Waals surface area contributed by atoms with E-state index in [0.29, 0.717) is 53.9 Å². The van der Waals surface area contributed by atoms with E-state index in [4.69, 9.17) is 15.3 Å².